The van der Waals surface area contributed by atoms with Crippen molar-refractivity contribution in [2.45, 2.75) is 103 Å². The van der Waals surface area contributed by atoms with Crippen LogP contribution in [-0.4, -0.2) is 31.9 Å². The smallest absolute Gasteiger partial charge is 0.0921 e. The Hall–Kier alpha value is -1.13. The molecule has 0 spiro atoms. The van der Waals surface area contributed by atoms with E-state index >= 15 is 0 Å². The average molecular weight is 415 g/mol. The molecule has 0 amide bonds. The summed E-state index contributed by atoms with van der Waals surface area (Å²) in [5.41, 5.74) is 2.09. The third-order valence-corrected chi connectivity index (χ3v) is 9.20. The maximum absolute atomic E-state index is 11.6. The zero-order valence-corrected chi connectivity index (χ0v) is 19.2. The second kappa shape index (κ2) is 8.78. The molecule has 7 atom stereocenters. The van der Waals surface area contributed by atoms with E-state index in [9.17, 15) is 10.2 Å². The maximum Gasteiger partial charge on any atom is 0.0921 e. The lowest BCUT2D eigenvalue weighted by Gasteiger charge is -2.52. The van der Waals surface area contributed by atoms with Crippen molar-refractivity contribution in [2.75, 3.05) is 0 Å². The van der Waals surface area contributed by atoms with Crippen LogP contribution in [0.25, 0.3) is 0 Å². The van der Waals surface area contributed by atoms with Gasteiger partial charge in [-0.15, -0.1) is 0 Å². The number of aromatic amines is 1. The number of aliphatic hydroxyl groups excluding tert-OH is 1. The standard InChI is InChI=1S/C26H42N2O2/c1-18-7-8-22-19(5-4-6-21(29)15-18)11-13-25(2)23(22)9-10-24(25)26(3,30)14-12-20-16-27-17-28-20/h7,16-17,19,21-24,29-30H,4-6,8-15H2,1-3H3,(H,27,28)/b18-7+/t19-,21-,22+,23-,24-,25-,26?/m0/s1. The predicted octanol–water partition coefficient (Wildman–Crippen LogP) is 5.42. The number of rotatable bonds is 4. The Morgan fingerprint density at radius 2 is 2.07 bits per heavy atom. The highest BCUT2D eigenvalue weighted by Crippen LogP contribution is 2.63. The molecule has 1 aromatic rings. The molecule has 0 bridgehead atoms. The van der Waals surface area contributed by atoms with Gasteiger partial charge in [-0.1, -0.05) is 31.4 Å². The molecule has 2 fully saturated rings. The van der Waals surface area contributed by atoms with Crippen LogP contribution in [0.2, 0.25) is 0 Å². The Balaban J connectivity index is 1.51. The number of hydrogen-bond acceptors (Lipinski definition) is 3. The van der Waals surface area contributed by atoms with Crippen molar-refractivity contribution in [1.29, 1.82) is 0 Å². The Kier molecular flexibility index (Phi) is 6.46. The van der Waals surface area contributed by atoms with Crippen molar-refractivity contribution in [2.24, 2.45) is 29.1 Å². The summed E-state index contributed by atoms with van der Waals surface area (Å²) in [4.78, 5) is 7.32. The molecule has 4 heteroatoms. The van der Waals surface area contributed by atoms with Crippen LogP contribution in [0.15, 0.2) is 24.2 Å². The highest BCUT2D eigenvalue weighted by atomic mass is 16.3. The summed E-state index contributed by atoms with van der Waals surface area (Å²) >= 11 is 0. The summed E-state index contributed by atoms with van der Waals surface area (Å²) in [5, 5.41) is 21.9. The summed E-state index contributed by atoms with van der Waals surface area (Å²) in [6.45, 7) is 6.78. The molecule has 4 nitrogen and oxygen atoms in total. The van der Waals surface area contributed by atoms with Crippen LogP contribution in [0.5, 0.6) is 0 Å². The molecule has 0 saturated heterocycles. The lowest BCUT2D eigenvalue weighted by atomic mass is 9.54. The van der Waals surface area contributed by atoms with Gasteiger partial charge < -0.3 is 15.2 Å². The average Bonchev–Trinajstić information content (AvgIpc) is 3.33. The number of hydrogen-bond donors (Lipinski definition) is 3. The first-order valence-electron chi connectivity index (χ1n) is 12.3. The number of nitrogens with one attached hydrogen (secondary N) is 1. The van der Waals surface area contributed by atoms with E-state index in [0.29, 0.717) is 11.8 Å². The first-order valence-corrected chi connectivity index (χ1v) is 12.3. The van der Waals surface area contributed by atoms with E-state index in [0.717, 1.165) is 62.5 Å². The van der Waals surface area contributed by atoms with E-state index in [4.69, 9.17) is 0 Å². The Morgan fingerprint density at radius 1 is 1.23 bits per heavy atom. The van der Waals surface area contributed by atoms with Crippen LogP contribution in [0.3, 0.4) is 0 Å². The van der Waals surface area contributed by atoms with Gasteiger partial charge in [0.1, 0.15) is 0 Å². The van der Waals surface area contributed by atoms with Gasteiger partial charge in [0.15, 0.2) is 0 Å². The number of aryl methyl sites for hydroxylation is 1. The molecule has 3 aliphatic rings. The normalized spacial score (nSPS) is 41.2. The first-order chi connectivity index (χ1) is 14.3. The summed E-state index contributed by atoms with van der Waals surface area (Å²) in [5.74, 6) is 2.61. The van der Waals surface area contributed by atoms with E-state index in [1.165, 1.54) is 31.3 Å². The topological polar surface area (TPSA) is 69.1 Å². The number of aromatic nitrogens is 2. The van der Waals surface area contributed by atoms with Gasteiger partial charge in [-0.05, 0) is 101 Å². The van der Waals surface area contributed by atoms with E-state index in [2.05, 4.69) is 36.8 Å². The zero-order chi connectivity index (χ0) is 21.4. The van der Waals surface area contributed by atoms with Gasteiger partial charge in [0, 0.05) is 11.9 Å². The van der Waals surface area contributed by atoms with Crippen LogP contribution >= 0.6 is 0 Å². The van der Waals surface area contributed by atoms with Crippen molar-refractivity contribution in [1.82, 2.24) is 9.97 Å². The second-order valence-electron chi connectivity index (χ2n) is 11.2. The second-order valence-corrected chi connectivity index (χ2v) is 11.2. The van der Waals surface area contributed by atoms with E-state index in [1.54, 1.807) is 6.33 Å². The minimum atomic E-state index is -0.632. The van der Waals surface area contributed by atoms with E-state index < -0.39 is 5.60 Å². The Bertz CT molecular complexity index is 725. The van der Waals surface area contributed by atoms with Crippen LogP contribution in [0.1, 0.15) is 90.7 Å². The zero-order valence-electron chi connectivity index (χ0n) is 19.2. The molecule has 3 aliphatic carbocycles. The van der Waals surface area contributed by atoms with Crippen molar-refractivity contribution < 1.29 is 10.2 Å². The van der Waals surface area contributed by atoms with Gasteiger partial charge in [0.25, 0.3) is 0 Å². The molecule has 4 rings (SSSR count). The predicted molar refractivity (Wildman–Crippen MR) is 121 cm³/mol. The van der Waals surface area contributed by atoms with Gasteiger partial charge in [0.2, 0.25) is 0 Å². The number of nitrogens with zero attached hydrogens (tertiary/aromatic N) is 1. The quantitative estimate of drug-likeness (QED) is 0.576. The van der Waals surface area contributed by atoms with Gasteiger partial charge in [-0.2, -0.15) is 0 Å². The fourth-order valence-corrected chi connectivity index (χ4v) is 7.60. The summed E-state index contributed by atoms with van der Waals surface area (Å²) in [6.07, 6.45) is 17.9. The third kappa shape index (κ3) is 4.41. The molecule has 1 heterocycles. The van der Waals surface area contributed by atoms with Crippen LogP contribution < -0.4 is 0 Å². The Labute approximate surface area is 182 Å². The highest BCUT2D eigenvalue weighted by Gasteiger charge is 2.57. The molecule has 0 aliphatic heterocycles. The SMILES string of the molecule is C/C1=C\C[C@@H]2[C@@H](CCC[C@H](O)C1)CC[C@]1(C)[C@@H](C(C)(O)CCc3cnc[nH]3)CC[C@@H]21. The number of fused-ring (bicyclic) bond motifs is 3. The lowest BCUT2D eigenvalue weighted by molar-refractivity contribution is -0.0888. The van der Waals surface area contributed by atoms with Crippen molar-refractivity contribution >= 4 is 0 Å². The minimum Gasteiger partial charge on any atom is -0.393 e. The van der Waals surface area contributed by atoms with Crippen molar-refractivity contribution in [3.05, 3.63) is 29.9 Å². The first kappa shape index (κ1) is 22.1. The largest absolute Gasteiger partial charge is 0.393 e. The Morgan fingerprint density at radius 3 is 2.83 bits per heavy atom. The molecular formula is C26H42N2O2. The molecule has 168 valence electrons. The number of aliphatic hydroxyl groups is 2. The lowest BCUT2D eigenvalue weighted by Crippen LogP contribution is -2.48. The molecule has 3 N–H and O–H groups in total. The van der Waals surface area contributed by atoms with Gasteiger partial charge in [-0.3, -0.25) is 0 Å². The fourth-order valence-electron chi connectivity index (χ4n) is 7.60. The highest BCUT2D eigenvalue weighted by molar-refractivity contribution is 5.10. The van der Waals surface area contributed by atoms with Crippen molar-refractivity contribution in [3.8, 4) is 0 Å². The molecule has 0 radical (unpaired) electrons. The third-order valence-electron chi connectivity index (χ3n) is 9.20. The van der Waals surface area contributed by atoms with Crippen LogP contribution in [0, 0.1) is 29.1 Å². The van der Waals surface area contributed by atoms with Crippen LogP contribution in [-0.2, 0) is 6.42 Å². The van der Waals surface area contributed by atoms with E-state index in [1.807, 2.05) is 6.20 Å². The molecule has 2 saturated carbocycles. The number of H-pyrrole nitrogens is 1. The fraction of sp³-hybridized carbons (Fsp3) is 0.808. The molecular weight excluding hydrogens is 372 g/mol. The van der Waals surface area contributed by atoms with Crippen molar-refractivity contribution in [3.63, 3.8) is 0 Å². The molecule has 0 aromatic carbocycles. The minimum absolute atomic E-state index is 0.160. The molecule has 1 aromatic heterocycles. The van der Waals surface area contributed by atoms with E-state index in [-0.39, 0.29) is 11.5 Å². The van der Waals surface area contributed by atoms with Gasteiger partial charge in [-0.25, -0.2) is 4.98 Å². The molecule has 1 unspecified atom stereocenters. The molecule has 30 heavy (non-hydrogen) atoms. The van der Waals surface area contributed by atoms with Gasteiger partial charge >= 0.3 is 0 Å². The summed E-state index contributed by atoms with van der Waals surface area (Å²) in [7, 11) is 0. The van der Waals surface area contributed by atoms with Crippen LogP contribution in [0.4, 0.5) is 0 Å². The number of imidazole rings is 1. The maximum atomic E-state index is 11.6. The summed E-state index contributed by atoms with van der Waals surface area (Å²) in [6, 6.07) is 0. The number of allylic oxidation sites excluding steroid dienone is 1. The summed E-state index contributed by atoms with van der Waals surface area (Å²) < 4.78 is 0. The monoisotopic (exact) mass is 414 g/mol. The van der Waals surface area contributed by atoms with Gasteiger partial charge in [0.05, 0.1) is 18.0 Å².